The molecule has 0 saturated carbocycles. The fourth-order valence-corrected chi connectivity index (χ4v) is 5.07. The Hall–Kier alpha value is -3.59. The zero-order valence-corrected chi connectivity index (χ0v) is 20.3. The van der Waals surface area contributed by atoms with Crippen molar-refractivity contribution >= 4 is 10.9 Å². The van der Waals surface area contributed by atoms with Gasteiger partial charge in [0.25, 0.3) is 5.56 Å². The van der Waals surface area contributed by atoms with Crippen molar-refractivity contribution in [2.24, 2.45) is 7.05 Å². The maximum atomic E-state index is 13.4. The normalized spacial score (nSPS) is 14.4. The first-order valence-electron chi connectivity index (χ1n) is 11.9. The van der Waals surface area contributed by atoms with Gasteiger partial charge in [-0.1, -0.05) is 44.2 Å². The molecule has 2 aromatic carbocycles. The Morgan fingerprint density at radius 2 is 2.00 bits per heavy atom. The van der Waals surface area contributed by atoms with E-state index in [1.165, 1.54) is 33.5 Å². The Bertz CT molecular complexity index is 1490. The van der Waals surface area contributed by atoms with Crippen molar-refractivity contribution in [1.29, 1.82) is 0 Å². The second-order valence-corrected chi connectivity index (χ2v) is 9.59. The molecule has 6 nitrogen and oxygen atoms in total. The third-order valence-electron chi connectivity index (χ3n) is 6.79. The summed E-state index contributed by atoms with van der Waals surface area (Å²) in [5.41, 5.74) is 5.48. The van der Waals surface area contributed by atoms with Gasteiger partial charge < -0.3 is 9.30 Å². The first kappa shape index (κ1) is 24.1. The van der Waals surface area contributed by atoms with Crippen LogP contribution in [0.1, 0.15) is 42.0 Å². The molecule has 1 N–H and O–H groups in total. The van der Waals surface area contributed by atoms with Crippen molar-refractivity contribution < 1.29 is 17.9 Å². The monoisotopic (exact) mass is 496 g/mol. The van der Waals surface area contributed by atoms with Gasteiger partial charge in [0, 0.05) is 49.4 Å². The smallest absolute Gasteiger partial charge is 0.405 e. The highest BCUT2D eigenvalue weighted by atomic mass is 19.4. The molecule has 3 heterocycles. The lowest BCUT2D eigenvalue weighted by atomic mass is 9.89. The standard InChI is InChI=1S/C27H27F3N4O2/c1-16(2)20-6-4-5-18-13-34(10-9-21(18)20)14-19-8-7-17(11-24(19)36-27(28,29)30)23-15-33(3)26(35)25-22(23)12-31-32-25/h4-8,11-12,15-16H,9-10,13-14H2,1-3H3,(H,31,32). The van der Waals surface area contributed by atoms with Crippen LogP contribution >= 0.6 is 0 Å². The van der Waals surface area contributed by atoms with E-state index in [2.05, 4.69) is 51.9 Å². The number of hydrogen-bond acceptors (Lipinski definition) is 4. The van der Waals surface area contributed by atoms with Crippen LogP contribution in [-0.2, 0) is 26.6 Å². The number of alkyl halides is 3. The minimum atomic E-state index is -4.83. The number of aryl methyl sites for hydroxylation is 1. The van der Waals surface area contributed by atoms with E-state index in [0.717, 1.165) is 13.0 Å². The highest BCUT2D eigenvalue weighted by Gasteiger charge is 2.33. The number of fused-ring (bicyclic) bond motifs is 2. The van der Waals surface area contributed by atoms with Crippen molar-refractivity contribution in [1.82, 2.24) is 19.7 Å². The molecule has 2 aromatic heterocycles. The predicted molar refractivity (Wildman–Crippen MR) is 132 cm³/mol. The summed E-state index contributed by atoms with van der Waals surface area (Å²) >= 11 is 0. The highest BCUT2D eigenvalue weighted by Crippen LogP contribution is 2.35. The van der Waals surface area contributed by atoms with E-state index in [0.29, 0.717) is 46.6 Å². The van der Waals surface area contributed by atoms with E-state index in [1.54, 1.807) is 25.4 Å². The van der Waals surface area contributed by atoms with Gasteiger partial charge in [-0.2, -0.15) is 5.10 Å². The van der Waals surface area contributed by atoms with Gasteiger partial charge in [0.1, 0.15) is 11.3 Å². The van der Waals surface area contributed by atoms with E-state index in [9.17, 15) is 18.0 Å². The summed E-state index contributed by atoms with van der Waals surface area (Å²) in [4.78, 5) is 14.5. The third kappa shape index (κ3) is 4.63. The third-order valence-corrected chi connectivity index (χ3v) is 6.79. The van der Waals surface area contributed by atoms with Gasteiger partial charge in [0.05, 0.1) is 6.20 Å². The zero-order valence-electron chi connectivity index (χ0n) is 20.3. The number of H-pyrrole nitrogens is 1. The number of nitrogens with one attached hydrogen (secondary N) is 1. The molecule has 0 spiro atoms. The molecular formula is C27H27F3N4O2. The van der Waals surface area contributed by atoms with Gasteiger partial charge in [-0.05, 0) is 40.7 Å². The summed E-state index contributed by atoms with van der Waals surface area (Å²) in [7, 11) is 1.59. The second kappa shape index (κ2) is 9.13. The van der Waals surface area contributed by atoms with E-state index >= 15 is 0 Å². The predicted octanol–water partition coefficient (Wildman–Crippen LogP) is 5.51. The number of aromatic nitrogens is 3. The molecule has 4 aromatic rings. The fourth-order valence-electron chi connectivity index (χ4n) is 5.07. The van der Waals surface area contributed by atoms with Crippen LogP contribution < -0.4 is 10.3 Å². The van der Waals surface area contributed by atoms with E-state index < -0.39 is 6.36 Å². The van der Waals surface area contributed by atoms with Crippen LogP contribution in [0.5, 0.6) is 5.75 Å². The van der Waals surface area contributed by atoms with Crippen LogP contribution in [-0.4, -0.2) is 32.6 Å². The maximum Gasteiger partial charge on any atom is 0.573 e. The summed E-state index contributed by atoms with van der Waals surface area (Å²) in [6, 6.07) is 11.1. The lowest BCUT2D eigenvalue weighted by Crippen LogP contribution is -2.31. The molecule has 9 heteroatoms. The summed E-state index contributed by atoms with van der Waals surface area (Å²) in [5, 5.41) is 7.16. The molecule has 0 unspecified atom stereocenters. The molecule has 0 fully saturated rings. The summed E-state index contributed by atoms with van der Waals surface area (Å²) < 4.78 is 46.0. The molecule has 0 bridgehead atoms. The Morgan fingerprint density at radius 1 is 1.19 bits per heavy atom. The molecule has 0 saturated heterocycles. The highest BCUT2D eigenvalue weighted by molar-refractivity contribution is 5.93. The minimum Gasteiger partial charge on any atom is -0.405 e. The van der Waals surface area contributed by atoms with Gasteiger partial charge in [0.15, 0.2) is 0 Å². The fraction of sp³-hybridized carbons (Fsp3) is 0.333. The lowest BCUT2D eigenvalue weighted by molar-refractivity contribution is -0.275. The van der Waals surface area contributed by atoms with Gasteiger partial charge in [0.2, 0.25) is 0 Å². The second-order valence-electron chi connectivity index (χ2n) is 9.59. The molecule has 1 aliphatic rings. The number of halogens is 3. The number of rotatable bonds is 5. The maximum absolute atomic E-state index is 13.4. The Labute approximate surface area is 206 Å². The quantitative estimate of drug-likeness (QED) is 0.396. The van der Waals surface area contributed by atoms with E-state index in [-0.39, 0.29) is 11.3 Å². The number of benzene rings is 2. The van der Waals surface area contributed by atoms with Crippen molar-refractivity contribution in [3.63, 3.8) is 0 Å². The van der Waals surface area contributed by atoms with Crippen LogP contribution in [0.2, 0.25) is 0 Å². The van der Waals surface area contributed by atoms with Crippen LogP contribution in [0, 0.1) is 0 Å². The summed E-state index contributed by atoms with van der Waals surface area (Å²) in [5.74, 6) is 0.178. The minimum absolute atomic E-state index is 0.243. The number of ether oxygens (including phenoxy) is 1. The molecule has 0 aliphatic carbocycles. The number of nitrogens with zero attached hydrogens (tertiary/aromatic N) is 3. The average molecular weight is 497 g/mol. The molecule has 0 atom stereocenters. The van der Waals surface area contributed by atoms with Crippen LogP contribution in [0.15, 0.2) is 53.6 Å². The molecule has 0 amide bonds. The molecule has 36 heavy (non-hydrogen) atoms. The van der Waals surface area contributed by atoms with E-state index in [1.807, 2.05) is 0 Å². The number of aromatic amines is 1. The average Bonchev–Trinajstić information content (AvgIpc) is 3.31. The first-order valence-corrected chi connectivity index (χ1v) is 11.9. The Morgan fingerprint density at radius 3 is 2.75 bits per heavy atom. The van der Waals surface area contributed by atoms with Gasteiger partial charge in [-0.3, -0.25) is 14.8 Å². The van der Waals surface area contributed by atoms with Crippen molar-refractivity contribution in [2.75, 3.05) is 6.54 Å². The van der Waals surface area contributed by atoms with Gasteiger partial charge >= 0.3 is 6.36 Å². The van der Waals surface area contributed by atoms with Crippen LogP contribution in [0.3, 0.4) is 0 Å². The molecule has 188 valence electrons. The van der Waals surface area contributed by atoms with E-state index in [4.69, 9.17) is 0 Å². The van der Waals surface area contributed by atoms with Crippen molar-refractivity contribution in [3.8, 4) is 16.9 Å². The van der Waals surface area contributed by atoms with Crippen LogP contribution in [0.4, 0.5) is 13.2 Å². The first-order chi connectivity index (χ1) is 17.1. The molecule has 5 rings (SSSR count). The molecular weight excluding hydrogens is 469 g/mol. The summed E-state index contributed by atoms with van der Waals surface area (Å²) in [6.45, 7) is 6.09. The Kier molecular flexibility index (Phi) is 6.12. The zero-order chi connectivity index (χ0) is 25.6. The van der Waals surface area contributed by atoms with Crippen LogP contribution in [0.25, 0.3) is 22.0 Å². The summed E-state index contributed by atoms with van der Waals surface area (Å²) in [6.07, 6.45) is -0.877. The molecule has 0 radical (unpaired) electrons. The Balaban J connectivity index is 1.49. The number of pyridine rings is 1. The molecule has 1 aliphatic heterocycles. The lowest BCUT2D eigenvalue weighted by Gasteiger charge is -2.31. The van der Waals surface area contributed by atoms with Crippen molar-refractivity contribution in [3.05, 3.63) is 81.4 Å². The topological polar surface area (TPSA) is 63.2 Å². The SMILES string of the molecule is CC(C)c1cccc2c1CCN(Cc1ccc(-c3cn(C)c(=O)c4[nH]ncc34)cc1OC(F)(F)F)C2. The number of hydrogen-bond donors (Lipinski definition) is 1. The van der Waals surface area contributed by atoms with Crippen molar-refractivity contribution in [2.45, 2.75) is 45.6 Å². The largest absolute Gasteiger partial charge is 0.573 e. The van der Waals surface area contributed by atoms with Gasteiger partial charge in [-0.25, -0.2) is 0 Å². The van der Waals surface area contributed by atoms with Gasteiger partial charge in [-0.15, -0.1) is 13.2 Å².